The van der Waals surface area contributed by atoms with Crippen LogP contribution in [0.5, 0.6) is 0 Å². The summed E-state index contributed by atoms with van der Waals surface area (Å²) in [5, 5.41) is 8.17. The van der Waals surface area contributed by atoms with Gasteiger partial charge in [0.25, 0.3) is 5.56 Å². The average molecular weight is 290 g/mol. The fraction of sp³-hybridized carbons (Fsp3) is 0.286. The summed E-state index contributed by atoms with van der Waals surface area (Å²) >= 11 is 2.08. The molecule has 0 saturated carbocycles. The summed E-state index contributed by atoms with van der Waals surface area (Å²) in [6, 6.07) is 0. The van der Waals surface area contributed by atoms with Gasteiger partial charge in [-0.2, -0.15) is 0 Å². The van der Waals surface area contributed by atoms with E-state index in [1.165, 1.54) is 4.63 Å². The molecule has 0 saturated heterocycles. The van der Waals surface area contributed by atoms with E-state index in [0.717, 1.165) is 9.26 Å². The molecule has 0 aliphatic carbocycles. The second-order valence-electron chi connectivity index (χ2n) is 2.79. The molecular formula is C7H7IN4O. The highest BCUT2D eigenvalue weighted by Gasteiger charge is 2.10. The van der Waals surface area contributed by atoms with Gasteiger partial charge in [0.15, 0.2) is 5.52 Å². The Morgan fingerprint density at radius 3 is 2.77 bits per heavy atom. The lowest BCUT2D eigenvalue weighted by Crippen LogP contribution is -2.14. The van der Waals surface area contributed by atoms with Crippen LogP contribution in [0.1, 0.15) is 11.4 Å². The van der Waals surface area contributed by atoms with Crippen LogP contribution in [0.15, 0.2) is 4.79 Å². The number of rotatable bonds is 0. The molecule has 13 heavy (non-hydrogen) atoms. The first-order valence-corrected chi connectivity index (χ1v) is 4.79. The maximum atomic E-state index is 11.5. The number of aryl methyl sites for hydroxylation is 2. The molecule has 0 fully saturated rings. The molecule has 0 amide bonds. The van der Waals surface area contributed by atoms with E-state index in [0.29, 0.717) is 11.3 Å². The van der Waals surface area contributed by atoms with Gasteiger partial charge >= 0.3 is 0 Å². The Morgan fingerprint density at radius 1 is 1.38 bits per heavy atom. The van der Waals surface area contributed by atoms with Gasteiger partial charge in [0.1, 0.15) is 9.53 Å². The van der Waals surface area contributed by atoms with Gasteiger partial charge in [0, 0.05) is 5.56 Å². The van der Waals surface area contributed by atoms with E-state index in [1.807, 2.05) is 6.92 Å². The smallest absolute Gasteiger partial charge is 0.277 e. The molecule has 2 heterocycles. The van der Waals surface area contributed by atoms with Crippen molar-refractivity contribution in [3.8, 4) is 0 Å². The summed E-state index contributed by atoms with van der Waals surface area (Å²) < 4.78 is 2.19. The second kappa shape index (κ2) is 2.79. The number of H-pyrrole nitrogens is 1. The molecule has 0 unspecified atom stereocenters. The second-order valence-corrected chi connectivity index (χ2v) is 3.82. The van der Waals surface area contributed by atoms with Crippen LogP contribution in [-0.2, 0) is 0 Å². The first-order valence-electron chi connectivity index (χ1n) is 3.71. The molecule has 2 rings (SSSR count). The molecule has 0 aliphatic rings. The van der Waals surface area contributed by atoms with Crippen LogP contribution < -0.4 is 5.56 Å². The number of hydrogen-bond acceptors (Lipinski definition) is 3. The van der Waals surface area contributed by atoms with Crippen molar-refractivity contribution in [2.45, 2.75) is 13.8 Å². The number of nitrogens with zero attached hydrogens (tertiary/aromatic N) is 3. The van der Waals surface area contributed by atoms with Crippen molar-refractivity contribution in [1.29, 1.82) is 0 Å². The number of aromatic amines is 1. The first-order chi connectivity index (χ1) is 6.09. The van der Waals surface area contributed by atoms with Crippen LogP contribution >= 0.6 is 22.6 Å². The minimum absolute atomic E-state index is 0.139. The normalized spacial score (nSPS) is 11.0. The Balaban J connectivity index is 3.03. The highest BCUT2D eigenvalue weighted by molar-refractivity contribution is 14.1. The third kappa shape index (κ3) is 1.25. The molecule has 2 aromatic rings. The van der Waals surface area contributed by atoms with Crippen molar-refractivity contribution >= 4 is 28.1 Å². The molecule has 1 N–H and O–H groups in total. The van der Waals surface area contributed by atoms with Crippen LogP contribution in [0.25, 0.3) is 5.52 Å². The highest BCUT2D eigenvalue weighted by Crippen LogP contribution is 2.11. The molecule has 0 spiro atoms. The third-order valence-corrected chi connectivity index (χ3v) is 2.83. The molecule has 6 heteroatoms. The van der Waals surface area contributed by atoms with Crippen LogP contribution in [0.3, 0.4) is 0 Å². The van der Waals surface area contributed by atoms with Gasteiger partial charge in [-0.05, 0) is 36.4 Å². The number of hydrogen-bond donors (Lipinski definition) is 1. The fourth-order valence-corrected chi connectivity index (χ4v) is 1.64. The van der Waals surface area contributed by atoms with E-state index >= 15 is 0 Å². The lowest BCUT2D eigenvalue weighted by Gasteiger charge is -1.93. The third-order valence-electron chi connectivity index (χ3n) is 1.80. The van der Waals surface area contributed by atoms with E-state index < -0.39 is 0 Å². The Labute approximate surface area is 87.3 Å². The van der Waals surface area contributed by atoms with Gasteiger partial charge in [0.05, 0.1) is 0 Å². The molecule has 0 aliphatic heterocycles. The maximum Gasteiger partial charge on any atom is 0.277 e. The van der Waals surface area contributed by atoms with Crippen molar-refractivity contribution < 1.29 is 0 Å². The van der Waals surface area contributed by atoms with Gasteiger partial charge in [0.2, 0.25) is 0 Å². The van der Waals surface area contributed by atoms with E-state index in [-0.39, 0.29) is 5.56 Å². The molecule has 2 aromatic heterocycles. The largest absolute Gasteiger partial charge is 0.307 e. The molecule has 68 valence electrons. The molecule has 5 nitrogen and oxygen atoms in total. The minimum atomic E-state index is -0.139. The lowest BCUT2D eigenvalue weighted by atomic mass is 10.3. The van der Waals surface area contributed by atoms with Crippen LogP contribution in [0.2, 0.25) is 0 Å². The molecular weight excluding hydrogens is 283 g/mol. The van der Waals surface area contributed by atoms with Gasteiger partial charge < -0.3 is 4.98 Å². The Hall–Kier alpha value is -0.920. The molecule has 0 aromatic carbocycles. The summed E-state index contributed by atoms with van der Waals surface area (Å²) in [5.41, 5.74) is 1.25. The van der Waals surface area contributed by atoms with Gasteiger partial charge in [-0.25, -0.2) is 0 Å². The van der Waals surface area contributed by atoms with Crippen molar-refractivity contribution in [2.24, 2.45) is 0 Å². The van der Waals surface area contributed by atoms with Crippen molar-refractivity contribution in [2.75, 3.05) is 0 Å². The summed E-state index contributed by atoms with van der Waals surface area (Å²) in [6.07, 6.45) is 0. The van der Waals surface area contributed by atoms with Crippen molar-refractivity contribution in [3.05, 3.63) is 25.4 Å². The van der Waals surface area contributed by atoms with Gasteiger partial charge in [-0.15, -0.1) is 14.8 Å². The number of halogens is 1. The molecule has 0 atom stereocenters. The molecule has 0 bridgehead atoms. The minimum Gasteiger partial charge on any atom is -0.307 e. The monoisotopic (exact) mass is 290 g/mol. The zero-order valence-electron chi connectivity index (χ0n) is 7.13. The predicted octanol–water partition coefficient (Wildman–Crippen LogP) is 0.639. The SMILES string of the molecule is Cc1nn2nc(I)c(C)c2c(=O)[nH]1. The first kappa shape index (κ1) is 8.67. The quantitative estimate of drug-likeness (QED) is 0.724. The zero-order chi connectivity index (χ0) is 9.59. The van der Waals surface area contributed by atoms with Crippen LogP contribution in [0, 0.1) is 17.5 Å². The van der Waals surface area contributed by atoms with E-state index in [2.05, 4.69) is 37.8 Å². The van der Waals surface area contributed by atoms with E-state index in [4.69, 9.17) is 0 Å². The standard InChI is InChI=1S/C7H7IN4O/c1-3-5-7(13)9-4(2)10-12(5)11-6(3)8/h1-2H3,(H,9,10,13). The topological polar surface area (TPSA) is 63.1 Å². The van der Waals surface area contributed by atoms with Crippen LogP contribution in [-0.4, -0.2) is 19.8 Å². The number of aromatic nitrogens is 4. The van der Waals surface area contributed by atoms with Crippen molar-refractivity contribution in [1.82, 2.24) is 19.8 Å². The predicted molar refractivity (Wildman–Crippen MR) is 55.8 cm³/mol. The van der Waals surface area contributed by atoms with Crippen LogP contribution in [0.4, 0.5) is 0 Å². The van der Waals surface area contributed by atoms with E-state index in [1.54, 1.807) is 6.92 Å². The number of fused-ring (bicyclic) bond motifs is 1. The summed E-state index contributed by atoms with van der Waals surface area (Å²) in [4.78, 5) is 14.1. The number of nitrogens with one attached hydrogen (secondary N) is 1. The maximum absolute atomic E-state index is 11.5. The summed E-state index contributed by atoms with van der Waals surface area (Å²) in [7, 11) is 0. The van der Waals surface area contributed by atoms with Gasteiger partial charge in [-0.3, -0.25) is 4.79 Å². The lowest BCUT2D eigenvalue weighted by molar-refractivity contribution is 0.741. The summed E-state index contributed by atoms with van der Waals surface area (Å²) in [5.74, 6) is 0.566. The Kier molecular flexibility index (Phi) is 1.86. The highest BCUT2D eigenvalue weighted by atomic mass is 127. The summed E-state index contributed by atoms with van der Waals surface area (Å²) in [6.45, 7) is 3.58. The fourth-order valence-electron chi connectivity index (χ4n) is 1.18. The Morgan fingerprint density at radius 2 is 2.08 bits per heavy atom. The van der Waals surface area contributed by atoms with Crippen molar-refractivity contribution in [3.63, 3.8) is 0 Å². The molecule has 0 radical (unpaired) electrons. The zero-order valence-corrected chi connectivity index (χ0v) is 9.29. The van der Waals surface area contributed by atoms with Gasteiger partial charge in [-0.1, -0.05) is 0 Å². The average Bonchev–Trinajstić information content (AvgIpc) is 2.27. The Bertz CT molecular complexity index is 527. The van der Waals surface area contributed by atoms with E-state index in [9.17, 15) is 4.79 Å².